The Morgan fingerprint density at radius 3 is 2.43 bits per heavy atom. The smallest absolute Gasteiger partial charge is 0.154 e. The monoisotopic (exact) mass is 310 g/mol. The number of hydrogen-bond acceptors (Lipinski definition) is 4. The number of hydrazine groups is 1. The second-order valence-corrected chi connectivity index (χ2v) is 8.61. The van der Waals surface area contributed by atoms with Gasteiger partial charge in [-0.25, -0.2) is 8.42 Å². The SMILES string of the molecule is CC(C)c1ccc(CC(NN)C2CCCCS2(=O)=O)cc1. The van der Waals surface area contributed by atoms with Crippen molar-refractivity contribution in [3.8, 4) is 0 Å². The fraction of sp³-hybridized carbons (Fsp3) is 0.625. The molecule has 21 heavy (non-hydrogen) atoms. The standard InChI is InChI=1S/C16H26N2O2S/c1-12(2)14-8-6-13(7-9-14)11-15(18-17)16-5-3-4-10-21(16,19)20/h6-9,12,15-16,18H,3-5,10-11,17H2,1-2H3. The molecule has 2 atom stereocenters. The van der Waals surface area contributed by atoms with Crippen molar-refractivity contribution in [2.75, 3.05) is 5.75 Å². The van der Waals surface area contributed by atoms with Crippen molar-refractivity contribution in [1.82, 2.24) is 5.43 Å². The van der Waals surface area contributed by atoms with Crippen LogP contribution >= 0.6 is 0 Å². The van der Waals surface area contributed by atoms with Crippen LogP contribution in [0.15, 0.2) is 24.3 Å². The Balaban J connectivity index is 2.11. The van der Waals surface area contributed by atoms with E-state index in [1.807, 2.05) is 0 Å². The molecule has 0 amide bonds. The predicted molar refractivity (Wildman–Crippen MR) is 86.8 cm³/mol. The van der Waals surface area contributed by atoms with E-state index in [0.717, 1.165) is 18.4 Å². The van der Waals surface area contributed by atoms with Gasteiger partial charge in [0.15, 0.2) is 9.84 Å². The van der Waals surface area contributed by atoms with Gasteiger partial charge < -0.3 is 0 Å². The Bertz CT molecular complexity index is 552. The lowest BCUT2D eigenvalue weighted by Crippen LogP contribution is -2.50. The Labute approximate surface area is 128 Å². The van der Waals surface area contributed by atoms with E-state index in [1.165, 1.54) is 5.56 Å². The quantitative estimate of drug-likeness (QED) is 0.646. The predicted octanol–water partition coefficient (Wildman–Crippen LogP) is 2.15. The summed E-state index contributed by atoms with van der Waals surface area (Å²) in [6.07, 6.45) is 3.10. The highest BCUT2D eigenvalue weighted by atomic mass is 32.2. The third-order valence-electron chi connectivity index (χ3n) is 4.39. The van der Waals surface area contributed by atoms with Gasteiger partial charge in [0, 0.05) is 6.04 Å². The molecule has 0 bridgehead atoms. The van der Waals surface area contributed by atoms with E-state index in [-0.39, 0.29) is 11.3 Å². The first-order valence-electron chi connectivity index (χ1n) is 7.70. The molecular formula is C16H26N2O2S. The molecule has 2 rings (SSSR count). The largest absolute Gasteiger partial charge is 0.271 e. The lowest BCUT2D eigenvalue weighted by Gasteiger charge is -2.29. The summed E-state index contributed by atoms with van der Waals surface area (Å²) in [5, 5.41) is -0.360. The number of hydrogen-bond donors (Lipinski definition) is 2. The minimum atomic E-state index is -3.02. The third kappa shape index (κ3) is 4.05. The van der Waals surface area contributed by atoms with Gasteiger partial charge in [0.1, 0.15) is 0 Å². The van der Waals surface area contributed by atoms with Gasteiger partial charge in [-0.1, -0.05) is 44.5 Å². The summed E-state index contributed by atoms with van der Waals surface area (Å²) in [7, 11) is -3.02. The molecule has 0 aromatic heterocycles. The van der Waals surface area contributed by atoms with E-state index < -0.39 is 9.84 Å². The van der Waals surface area contributed by atoms with Crippen LogP contribution in [0.1, 0.15) is 50.2 Å². The van der Waals surface area contributed by atoms with Gasteiger partial charge in [-0.15, -0.1) is 0 Å². The van der Waals surface area contributed by atoms with Gasteiger partial charge in [-0.2, -0.15) is 0 Å². The van der Waals surface area contributed by atoms with E-state index >= 15 is 0 Å². The maximum Gasteiger partial charge on any atom is 0.154 e. The van der Waals surface area contributed by atoms with E-state index in [1.54, 1.807) is 0 Å². The van der Waals surface area contributed by atoms with Crippen LogP contribution in [0.25, 0.3) is 0 Å². The number of rotatable bonds is 5. The van der Waals surface area contributed by atoms with E-state index in [2.05, 4.69) is 43.5 Å². The van der Waals surface area contributed by atoms with Crippen molar-refractivity contribution < 1.29 is 8.42 Å². The second kappa shape index (κ2) is 6.90. The molecule has 0 radical (unpaired) electrons. The topological polar surface area (TPSA) is 72.2 Å². The first kappa shape index (κ1) is 16.5. The average molecular weight is 310 g/mol. The zero-order valence-electron chi connectivity index (χ0n) is 12.9. The molecule has 1 aliphatic rings. The van der Waals surface area contributed by atoms with Crippen LogP contribution in [0.5, 0.6) is 0 Å². The van der Waals surface area contributed by atoms with Gasteiger partial charge in [0.25, 0.3) is 0 Å². The molecule has 0 aliphatic carbocycles. The van der Waals surface area contributed by atoms with Crippen molar-refractivity contribution >= 4 is 9.84 Å². The Kier molecular flexibility index (Phi) is 5.41. The molecule has 1 fully saturated rings. The minimum absolute atomic E-state index is 0.208. The highest BCUT2D eigenvalue weighted by Gasteiger charge is 2.35. The second-order valence-electron chi connectivity index (χ2n) is 6.27. The molecule has 2 unspecified atom stereocenters. The van der Waals surface area contributed by atoms with Gasteiger partial charge in [-0.3, -0.25) is 11.3 Å². The maximum absolute atomic E-state index is 12.2. The maximum atomic E-state index is 12.2. The zero-order valence-corrected chi connectivity index (χ0v) is 13.7. The summed E-state index contributed by atoms with van der Waals surface area (Å²) in [5.41, 5.74) is 5.15. The fourth-order valence-electron chi connectivity index (χ4n) is 3.02. The van der Waals surface area contributed by atoms with Crippen LogP contribution in [0.4, 0.5) is 0 Å². The highest BCUT2D eigenvalue weighted by molar-refractivity contribution is 7.92. The number of benzene rings is 1. The third-order valence-corrected chi connectivity index (χ3v) is 6.74. The molecular weight excluding hydrogens is 284 g/mol. The van der Waals surface area contributed by atoms with E-state index in [0.29, 0.717) is 24.5 Å². The summed E-state index contributed by atoms with van der Waals surface area (Å²) < 4.78 is 24.4. The molecule has 1 aromatic carbocycles. The summed E-state index contributed by atoms with van der Waals surface area (Å²) in [4.78, 5) is 0. The van der Waals surface area contributed by atoms with Gasteiger partial charge in [-0.05, 0) is 36.3 Å². The zero-order chi connectivity index (χ0) is 15.5. The summed E-state index contributed by atoms with van der Waals surface area (Å²) >= 11 is 0. The minimum Gasteiger partial charge on any atom is -0.271 e. The van der Waals surface area contributed by atoms with Gasteiger partial charge >= 0.3 is 0 Å². The van der Waals surface area contributed by atoms with Crippen molar-refractivity contribution in [1.29, 1.82) is 0 Å². The average Bonchev–Trinajstić information content (AvgIpc) is 2.45. The Morgan fingerprint density at radius 1 is 1.24 bits per heavy atom. The molecule has 118 valence electrons. The molecule has 3 N–H and O–H groups in total. The molecule has 0 saturated carbocycles. The molecule has 4 nitrogen and oxygen atoms in total. The van der Waals surface area contributed by atoms with Crippen molar-refractivity contribution in [2.45, 2.75) is 56.7 Å². The number of sulfone groups is 1. The first-order valence-corrected chi connectivity index (χ1v) is 9.42. The van der Waals surface area contributed by atoms with E-state index in [4.69, 9.17) is 5.84 Å². The first-order chi connectivity index (χ1) is 9.94. The molecule has 1 aliphatic heterocycles. The molecule has 0 spiro atoms. The lowest BCUT2D eigenvalue weighted by atomic mass is 9.97. The van der Waals surface area contributed by atoms with Crippen LogP contribution in [0.2, 0.25) is 0 Å². The summed E-state index contributed by atoms with van der Waals surface area (Å²) in [6.45, 7) is 4.32. The Hall–Kier alpha value is -0.910. The van der Waals surface area contributed by atoms with Crippen LogP contribution in [0, 0.1) is 0 Å². The van der Waals surface area contributed by atoms with Gasteiger partial charge in [0.2, 0.25) is 0 Å². The molecule has 1 aromatic rings. The van der Waals surface area contributed by atoms with Crippen LogP contribution in [0.3, 0.4) is 0 Å². The van der Waals surface area contributed by atoms with Crippen molar-refractivity contribution in [3.63, 3.8) is 0 Å². The number of nitrogens with two attached hydrogens (primary N) is 1. The summed E-state index contributed by atoms with van der Waals surface area (Å²) in [6, 6.07) is 8.18. The molecule has 5 heteroatoms. The Morgan fingerprint density at radius 2 is 1.90 bits per heavy atom. The highest BCUT2D eigenvalue weighted by Crippen LogP contribution is 2.24. The van der Waals surface area contributed by atoms with Crippen molar-refractivity contribution in [3.05, 3.63) is 35.4 Å². The fourth-order valence-corrected chi connectivity index (χ4v) is 5.13. The molecule has 1 saturated heterocycles. The van der Waals surface area contributed by atoms with Gasteiger partial charge in [0.05, 0.1) is 11.0 Å². The van der Waals surface area contributed by atoms with Crippen LogP contribution in [-0.4, -0.2) is 25.5 Å². The molecule has 1 heterocycles. The van der Waals surface area contributed by atoms with Crippen molar-refractivity contribution in [2.24, 2.45) is 5.84 Å². The van der Waals surface area contributed by atoms with Crippen LogP contribution < -0.4 is 11.3 Å². The van der Waals surface area contributed by atoms with Crippen LogP contribution in [-0.2, 0) is 16.3 Å². The summed E-state index contributed by atoms with van der Waals surface area (Å²) in [5.74, 6) is 6.43. The lowest BCUT2D eigenvalue weighted by molar-refractivity contribution is 0.440. The van der Waals surface area contributed by atoms with E-state index in [9.17, 15) is 8.42 Å². The normalized spacial score (nSPS) is 23.1. The number of nitrogens with one attached hydrogen (secondary N) is 1.